The van der Waals surface area contributed by atoms with E-state index in [4.69, 9.17) is 0 Å². The van der Waals surface area contributed by atoms with E-state index in [9.17, 15) is 42.5 Å². The van der Waals surface area contributed by atoms with E-state index < -0.39 is 45.4 Å². The quantitative estimate of drug-likeness (QED) is 0.119. The molecular formula is C29H22F3N7O6. The van der Waals surface area contributed by atoms with Crippen LogP contribution < -0.4 is 27.2 Å². The summed E-state index contributed by atoms with van der Waals surface area (Å²) in [6.45, 7) is 1.55. The average molecular weight is 622 g/mol. The Bertz CT molecular complexity index is 2080. The third kappa shape index (κ3) is 6.43. The number of carbonyl (C=O) groups excluding carboxylic acids is 2. The predicted molar refractivity (Wildman–Crippen MR) is 157 cm³/mol. The first kappa shape index (κ1) is 30.3. The molecule has 0 bridgehead atoms. The predicted octanol–water partition coefficient (Wildman–Crippen LogP) is 4.42. The monoisotopic (exact) mass is 621 g/mol. The molecule has 0 aliphatic heterocycles. The molecule has 5 rings (SSSR count). The molecule has 0 spiro atoms. The van der Waals surface area contributed by atoms with Gasteiger partial charge in [0.2, 0.25) is 0 Å². The van der Waals surface area contributed by atoms with Crippen LogP contribution in [0.25, 0.3) is 16.7 Å². The first-order valence-electron chi connectivity index (χ1n) is 13.1. The number of non-ortho nitro benzene ring substituents is 1. The van der Waals surface area contributed by atoms with Gasteiger partial charge in [0.05, 0.1) is 27.2 Å². The van der Waals surface area contributed by atoms with Gasteiger partial charge in [0.1, 0.15) is 0 Å². The molecule has 3 aromatic carbocycles. The summed E-state index contributed by atoms with van der Waals surface area (Å²) in [5.41, 5.74) is -1.01. The number of alkyl halides is 3. The Hall–Kier alpha value is -6.19. The van der Waals surface area contributed by atoms with Crippen molar-refractivity contribution in [2.24, 2.45) is 0 Å². The maximum atomic E-state index is 14.2. The minimum absolute atomic E-state index is 0.106. The van der Waals surface area contributed by atoms with Crippen LogP contribution in [0.5, 0.6) is 0 Å². The summed E-state index contributed by atoms with van der Waals surface area (Å²) in [6.07, 6.45) is -2.26. The van der Waals surface area contributed by atoms with E-state index in [1.165, 1.54) is 48.8 Å². The largest absolute Gasteiger partial charge is 0.418 e. The number of rotatable bonds is 7. The van der Waals surface area contributed by atoms with Gasteiger partial charge < -0.3 is 20.2 Å². The fourth-order valence-electron chi connectivity index (χ4n) is 4.51. The van der Waals surface area contributed by atoms with E-state index in [0.29, 0.717) is 21.9 Å². The number of nitrogens with one attached hydrogen (secondary N) is 4. The Morgan fingerprint density at radius 2 is 1.73 bits per heavy atom. The van der Waals surface area contributed by atoms with Crippen molar-refractivity contribution in [3.05, 3.63) is 132 Å². The van der Waals surface area contributed by atoms with Crippen LogP contribution >= 0.6 is 0 Å². The van der Waals surface area contributed by atoms with Gasteiger partial charge in [0.25, 0.3) is 11.6 Å². The molecule has 0 aliphatic carbocycles. The molecule has 2 aromatic heterocycles. The van der Waals surface area contributed by atoms with Crippen molar-refractivity contribution in [3.63, 3.8) is 0 Å². The van der Waals surface area contributed by atoms with Crippen molar-refractivity contribution in [2.45, 2.75) is 19.6 Å². The Labute approximate surface area is 250 Å². The second-order valence-corrected chi connectivity index (χ2v) is 9.77. The van der Waals surface area contributed by atoms with Gasteiger partial charge in [-0.15, -0.1) is 0 Å². The summed E-state index contributed by atoms with van der Waals surface area (Å²) in [7, 11) is 0. The van der Waals surface area contributed by atoms with Crippen molar-refractivity contribution in [2.75, 3.05) is 10.7 Å². The van der Waals surface area contributed by atoms with Gasteiger partial charge in [-0.3, -0.25) is 29.9 Å². The lowest BCUT2D eigenvalue weighted by molar-refractivity contribution is -0.384. The zero-order chi connectivity index (χ0) is 32.5. The normalized spacial score (nSPS) is 11.3. The van der Waals surface area contributed by atoms with Crippen LogP contribution in [-0.4, -0.2) is 31.1 Å². The van der Waals surface area contributed by atoms with Gasteiger partial charge in [-0.05, 0) is 54.4 Å². The summed E-state index contributed by atoms with van der Waals surface area (Å²) in [5.74, 6) is -0.759. The molecule has 0 unspecified atom stereocenters. The van der Waals surface area contributed by atoms with Crippen LogP contribution in [0.15, 0.2) is 88.7 Å². The number of fused-ring (bicyclic) bond motifs is 1. The second-order valence-electron chi connectivity index (χ2n) is 9.77. The summed E-state index contributed by atoms with van der Waals surface area (Å²) in [6, 6.07) is 14.0. The number of aryl methyl sites for hydroxylation is 1. The molecule has 230 valence electrons. The van der Waals surface area contributed by atoms with Gasteiger partial charge in [0.15, 0.2) is 0 Å². The Morgan fingerprint density at radius 1 is 1.02 bits per heavy atom. The van der Waals surface area contributed by atoms with Crippen LogP contribution in [0.3, 0.4) is 0 Å². The average Bonchev–Trinajstić information content (AvgIpc) is 3.47. The van der Waals surface area contributed by atoms with E-state index in [-0.39, 0.29) is 34.5 Å². The minimum Gasteiger partial charge on any atom is -0.334 e. The summed E-state index contributed by atoms with van der Waals surface area (Å²) in [4.78, 5) is 62.8. The van der Waals surface area contributed by atoms with Gasteiger partial charge in [0, 0.05) is 42.3 Å². The van der Waals surface area contributed by atoms with E-state index in [1.807, 2.05) is 0 Å². The number of nitro groups is 1. The summed E-state index contributed by atoms with van der Waals surface area (Å²) >= 11 is 0. The molecular weight excluding hydrogens is 599 g/mol. The number of anilines is 1. The maximum Gasteiger partial charge on any atom is 0.418 e. The minimum atomic E-state index is -4.89. The summed E-state index contributed by atoms with van der Waals surface area (Å²) in [5, 5.41) is 15.8. The van der Waals surface area contributed by atoms with E-state index in [1.54, 1.807) is 25.1 Å². The number of hydrogen-bond donors (Lipinski definition) is 4. The molecule has 5 aromatic rings. The number of amides is 3. The topological polar surface area (TPSA) is 173 Å². The molecule has 0 saturated carbocycles. The van der Waals surface area contributed by atoms with Crippen molar-refractivity contribution in [1.82, 2.24) is 19.5 Å². The fraction of sp³-hybridized carbons (Fsp3) is 0.103. The molecule has 0 aliphatic rings. The Kier molecular flexibility index (Phi) is 7.96. The summed E-state index contributed by atoms with van der Waals surface area (Å²) < 4.78 is 44.3. The number of nitrogens with zero attached hydrogens (tertiary/aromatic N) is 3. The van der Waals surface area contributed by atoms with Crippen molar-refractivity contribution < 1.29 is 27.7 Å². The van der Waals surface area contributed by atoms with Crippen molar-refractivity contribution >= 4 is 34.3 Å². The van der Waals surface area contributed by atoms with E-state index in [0.717, 1.165) is 10.6 Å². The third-order valence-corrected chi connectivity index (χ3v) is 6.73. The number of halogens is 3. The zero-order valence-electron chi connectivity index (χ0n) is 23.1. The number of aromatic amines is 1. The Morgan fingerprint density at radius 3 is 2.40 bits per heavy atom. The highest BCUT2D eigenvalue weighted by atomic mass is 19.4. The third-order valence-electron chi connectivity index (χ3n) is 6.73. The first-order chi connectivity index (χ1) is 21.3. The standard InChI is InChI=1S/C29H22F3N7O6/c1-16-4-2-3-5-20(16)25(40)36-38-24-13-23(21(29(30,31)32)12-22(24)35-26(41)27(38)42)37-11-10-17(15-37)14-33-28(43)34-18-6-8-19(9-7-18)39(44)45/h2-13,15H,14H2,1H3,(H,35,41)(H,36,40)(H2,33,34,43). The van der Waals surface area contributed by atoms with Crippen molar-refractivity contribution in [1.29, 1.82) is 0 Å². The highest BCUT2D eigenvalue weighted by Crippen LogP contribution is 2.36. The first-order valence-corrected chi connectivity index (χ1v) is 13.1. The molecule has 0 saturated heterocycles. The second kappa shape index (κ2) is 11.8. The SMILES string of the molecule is Cc1ccccc1C(=O)Nn1c(=O)c(=O)[nH]c2cc(C(F)(F)F)c(-n3ccc(CNC(=O)Nc4ccc([N+](=O)[O-])cc4)c3)cc21. The number of carbonyl (C=O) groups is 2. The van der Waals surface area contributed by atoms with Crippen LogP contribution in [0.4, 0.5) is 29.3 Å². The van der Waals surface area contributed by atoms with Crippen molar-refractivity contribution in [3.8, 4) is 5.69 Å². The number of hydrogen-bond acceptors (Lipinski definition) is 6. The number of aromatic nitrogens is 3. The zero-order valence-corrected chi connectivity index (χ0v) is 23.1. The lowest BCUT2D eigenvalue weighted by atomic mass is 10.1. The van der Waals surface area contributed by atoms with Crippen LogP contribution in [0.2, 0.25) is 0 Å². The van der Waals surface area contributed by atoms with Gasteiger partial charge in [-0.25, -0.2) is 9.47 Å². The molecule has 0 radical (unpaired) electrons. The number of nitro benzene ring substituents is 1. The molecule has 13 nitrogen and oxygen atoms in total. The highest BCUT2D eigenvalue weighted by molar-refractivity contribution is 6.01. The highest BCUT2D eigenvalue weighted by Gasteiger charge is 2.35. The smallest absolute Gasteiger partial charge is 0.334 e. The van der Waals surface area contributed by atoms with Gasteiger partial charge in [-0.1, -0.05) is 18.2 Å². The molecule has 3 amide bonds. The molecule has 16 heteroatoms. The van der Waals surface area contributed by atoms with Gasteiger partial charge >= 0.3 is 23.3 Å². The molecule has 45 heavy (non-hydrogen) atoms. The maximum absolute atomic E-state index is 14.2. The molecule has 2 heterocycles. The van der Waals surface area contributed by atoms with E-state index in [2.05, 4.69) is 21.0 Å². The van der Waals surface area contributed by atoms with E-state index >= 15 is 0 Å². The van der Waals surface area contributed by atoms with Crippen LogP contribution in [0, 0.1) is 17.0 Å². The number of benzene rings is 3. The van der Waals surface area contributed by atoms with Gasteiger partial charge in [-0.2, -0.15) is 13.2 Å². The number of urea groups is 1. The van der Waals surface area contributed by atoms with Crippen LogP contribution in [0.1, 0.15) is 27.0 Å². The fourth-order valence-corrected chi connectivity index (χ4v) is 4.51. The molecule has 0 atom stereocenters. The van der Waals surface area contributed by atoms with Crippen LogP contribution in [-0.2, 0) is 12.7 Å². The molecule has 4 N–H and O–H groups in total. The lowest BCUT2D eigenvalue weighted by Gasteiger charge is -2.18. The molecule has 0 fully saturated rings. The Balaban J connectivity index is 1.45. The number of H-pyrrole nitrogens is 1. The lowest BCUT2D eigenvalue weighted by Crippen LogP contribution is -2.42.